The lowest BCUT2D eigenvalue weighted by molar-refractivity contribution is -0.139. The van der Waals surface area contributed by atoms with Gasteiger partial charge in [0.05, 0.1) is 17.2 Å². The number of sulfonamides is 1. The number of ether oxygens (including phenoxy) is 1. The Morgan fingerprint density at radius 3 is 2.24 bits per heavy atom. The van der Waals surface area contributed by atoms with Gasteiger partial charge in [0.15, 0.2) is 0 Å². The molecule has 0 unspecified atom stereocenters. The monoisotopic (exact) mass is 599 g/mol. The van der Waals surface area contributed by atoms with Crippen molar-refractivity contribution < 1.29 is 31.5 Å². The summed E-state index contributed by atoms with van der Waals surface area (Å²) in [5.74, 6) is -1.81. The molecule has 0 aromatic heterocycles. The molecule has 3 aromatic rings. The number of rotatable bonds is 12. The maximum atomic E-state index is 14.7. The average molecular weight is 600 g/mol. The van der Waals surface area contributed by atoms with Gasteiger partial charge in [-0.25, -0.2) is 17.2 Å². The first-order valence-corrected chi connectivity index (χ1v) is 15.4. The molecule has 0 heterocycles. The van der Waals surface area contributed by atoms with Gasteiger partial charge in [-0.15, -0.1) is 0 Å². The fourth-order valence-corrected chi connectivity index (χ4v) is 6.34. The van der Waals surface area contributed by atoms with Crippen molar-refractivity contribution in [3.05, 3.63) is 90.0 Å². The normalized spacial score (nSPS) is 14.3. The minimum Gasteiger partial charge on any atom is -0.494 e. The van der Waals surface area contributed by atoms with Crippen LogP contribution in [0.3, 0.4) is 0 Å². The van der Waals surface area contributed by atoms with Gasteiger partial charge < -0.3 is 15.0 Å². The topological polar surface area (TPSA) is 96.0 Å². The van der Waals surface area contributed by atoms with E-state index in [0.29, 0.717) is 12.4 Å². The van der Waals surface area contributed by atoms with Crippen molar-refractivity contribution in [2.24, 2.45) is 0 Å². The predicted octanol–water partition coefficient (Wildman–Crippen LogP) is 5.03. The Kier molecular flexibility index (Phi) is 10.2. The molecule has 8 nitrogen and oxygen atoms in total. The van der Waals surface area contributed by atoms with Crippen LogP contribution in [0.15, 0.2) is 77.7 Å². The van der Waals surface area contributed by atoms with Gasteiger partial charge in [-0.1, -0.05) is 31.0 Å². The number of carbonyl (C=O) groups is 2. The highest BCUT2D eigenvalue weighted by atomic mass is 32.2. The fourth-order valence-electron chi connectivity index (χ4n) is 4.92. The van der Waals surface area contributed by atoms with E-state index in [-0.39, 0.29) is 28.7 Å². The van der Waals surface area contributed by atoms with Crippen molar-refractivity contribution in [2.45, 2.75) is 63.1 Å². The predicted molar refractivity (Wildman–Crippen MR) is 155 cm³/mol. The Labute approximate surface area is 245 Å². The Balaban J connectivity index is 1.68. The van der Waals surface area contributed by atoms with Crippen molar-refractivity contribution in [2.75, 3.05) is 17.5 Å². The number of benzene rings is 3. The van der Waals surface area contributed by atoms with E-state index in [1.54, 1.807) is 13.0 Å². The molecule has 0 radical (unpaired) electrons. The lowest BCUT2D eigenvalue weighted by Crippen LogP contribution is -2.52. The van der Waals surface area contributed by atoms with Gasteiger partial charge in [0.25, 0.3) is 10.0 Å². The van der Waals surface area contributed by atoms with Crippen LogP contribution >= 0.6 is 0 Å². The summed E-state index contributed by atoms with van der Waals surface area (Å²) in [5, 5.41) is 2.97. The highest BCUT2D eigenvalue weighted by Gasteiger charge is 2.33. The number of nitrogens with one attached hydrogen (secondary N) is 1. The van der Waals surface area contributed by atoms with Gasteiger partial charge in [-0.3, -0.25) is 13.9 Å². The fraction of sp³-hybridized carbons (Fsp3) is 0.355. The van der Waals surface area contributed by atoms with E-state index < -0.39 is 46.1 Å². The SMILES string of the molecule is CCOc1ccc(S(=O)(=O)N(CC(=O)N(Cc2ccccc2F)[C@@H](C)C(=O)NC2CCCC2)c2ccc(F)cc2)cc1. The van der Waals surface area contributed by atoms with Crippen LogP contribution in [-0.2, 0) is 26.2 Å². The number of hydrogen-bond acceptors (Lipinski definition) is 5. The van der Waals surface area contributed by atoms with Gasteiger partial charge in [0.2, 0.25) is 11.8 Å². The van der Waals surface area contributed by atoms with E-state index in [9.17, 15) is 26.8 Å². The second-order valence-corrected chi connectivity index (χ2v) is 12.0. The first kappa shape index (κ1) is 31.0. The molecule has 42 heavy (non-hydrogen) atoms. The van der Waals surface area contributed by atoms with E-state index in [1.807, 2.05) is 0 Å². The molecule has 3 aromatic carbocycles. The molecule has 1 N–H and O–H groups in total. The molecular formula is C31H35F2N3O5S. The van der Waals surface area contributed by atoms with Gasteiger partial charge in [0.1, 0.15) is 30.0 Å². The molecule has 0 spiro atoms. The Hall–Kier alpha value is -3.99. The quantitative estimate of drug-likeness (QED) is 0.315. The van der Waals surface area contributed by atoms with Crippen molar-refractivity contribution in [3.63, 3.8) is 0 Å². The summed E-state index contributed by atoms with van der Waals surface area (Å²) < 4.78 is 62.5. The molecule has 1 aliphatic carbocycles. The van der Waals surface area contributed by atoms with Crippen LogP contribution in [0.2, 0.25) is 0 Å². The van der Waals surface area contributed by atoms with Crippen LogP contribution in [0.25, 0.3) is 0 Å². The van der Waals surface area contributed by atoms with Crippen LogP contribution in [0, 0.1) is 11.6 Å². The number of carbonyl (C=O) groups excluding carboxylic acids is 2. The van der Waals surface area contributed by atoms with E-state index in [4.69, 9.17) is 4.74 Å². The summed E-state index contributed by atoms with van der Waals surface area (Å²) in [5.41, 5.74) is 0.224. The Bertz CT molecular complexity index is 1480. The molecule has 224 valence electrons. The van der Waals surface area contributed by atoms with Crippen LogP contribution in [0.5, 0.6) is 5.75 Å². The summed E-state index contributed by atoms with van der Waals surface area (Å²) in [4.78, 5) is 28.2. The third-order valence-corrected chi connectivity index (χ3v) is 9.07. The maximum Gasteiger partial charge on any atom is 0.264 e. The molecule has 4 rings (SSSR count). The molecule has 1 fully saturated rings. The van der Waals surface area contributed by atoms with Crippen LogP contribution in [-0.4, -0.2) is 50.4 Å². The number of hydrogen-bond donors (Lipinski definition) is 1. The van der Waals surface area contributed by atoms with Crippen LogP contribution < -0.4 is 14.4 Å². The van der Waals surface area contributed by atoms with Crippen molar-refractivity contribution in [3.8, 4) is 5.75 Å². The third-order valence-electron chi connectivity index (χ3n) is 7.28. The number of halogens is 2. The van der Waals surface area contributed by atoms with Gasteiger partial charge >= 0.3 is 0 Å². The Morgan fingerprint density at radius 1 is 0.976 bits per heavy atom. The van der Waals surface area contributed by atoms with Gasteiger partial charge in [-0.2, -0.15) is 0 Å². The first-order chi connectivity index (χ1) is 20.1. The van der Waals surface area contributed by atoms with Crippen LogP contribution in [0.4, 0.5) is 14.5 Å². The summed E-state index contributed by atoms with van der Waals surface area (Å²) in [7, 11) is -4.34. The molecule has 0 aliphatic heterocycles. The average Bonchev–Trinajstić information content (AvgIpc) is 3.49. The minimum atomic E-state index is -4.34. The number of nitrogens with zero attached hydrogens (tertiary/aromatic N) is 2. The van der Waals surface area contributed by atoms with Crippen LogP contribution in [0.1, 0.15) is 45.1 Å². The number of amides is 2. The zero-order chi connectivity index (χ0) is 30.3. The van der Waals surface area contributed by atoms with E-state index in [2.05, 4.69) is 5.32 Å². The number of anilines is 1. The molecule has 2 amide bonds. The first-order valence-electron chi connectivity index (χ1n) is 13.9. The van der Waals surface area contributed by atoms with Crippen molar-refractivity contribution in [1.29, 1.82) is 0 Å². The third kappa shape index (κ3) is 7.44. The van der Waals surface area contributed by atoms with Crippen molar-refractivity contribution in [1.82, 2.24) is 10.2 Å². The molecular weight excluding hydrogens is 564 g/mol. The van der Waals surface area contributed by atoms with E-state index in [1.165, 1.54) is 66.4 Å². The molecule has 1 saturated carbocycles. The molecule has 0 saturated heterocycles. The lowest BCUT2D eigenvalue weighted by Gasteiger charge is -2.32. The maximum absolute atomic E-state index is 14.7. The van der Waals surface area contributed by atoms with Gasteiger partial charge in [-0.05, 0) is 81.3 Å². The van der Waals surface area contributed by atoms with Gasteiger partial charge in [0, 0.05) is 18.2 Å². The molecule has 11 heteroatoms. The standard InChI is InChI=1S/C31H35F2N3O5S/c1-3-41-27-16-18-28(19-17-27)42(39,40)36(26-14-12-24(32)13-15-26)21-30(37)35(20-23-8-4-7-11-29(23)33)22(2)31(38)34-25-9-5-6-10-25/h4,7-8,11-19,22,25H,3,5-6,9-10,20-21H2,1-2H3,(H,34,38)/t22-/m0/s1. The molecule has 1 aliphatic rings. The van der Waals surface area contributed by atoms with Crippen molar-refractivity contribution >= 4 is 27.5 Å². The van der Waals surface area contributed by atoms with E-state index in [0.717, 1.165) is 42.1 Å². The largest absolute Gasteiger partial charge is 0.494 e. The second-order valence-electron chi connectivity index (χ2n) is 10.2. The zero-order valence-corrected chi connectivity index (χ0v) is 24.4. The molecule has 0 bridgehead atoms. The minimum absolute atomic E-state index is 0.0129. The Morgan fingerprint density at radius 2 is 1.62 bits per heavy atom. The molecule has 1 atom stereocenters. The zero-order valence-electron chi connectivity index (χ0n) is 23.6. The highest BCUT2D eigenvalue weighted by Crippen LogP contribution is 2.27. The summed E-state index contributed by atoms with van der Waals surface area (Å²) >= 11 is 0. The smallest absolute Gasteiger partial charge is 0.264 e. The lowest BCUT2D eigenvalue weighted by atomic mass is 10.1. The summed E-state index contributed by atoms with van der Waals surface area (Å²) in [6.45, 7) is 2.76. The summed E-state index contributed by atoms with van der Waals surface area (Å²) in [6, 6.07) is 15.3. The highest BCUT2D eigenvalue weighted by molar-refractivity contribution is 7.92. The van der Waals surface area contributed by atoms with E-state index >= 15 is 0 Å². The summed E-state index contributed by atoms with van der Waals surface area (Å²) in [6.07, 6.45) is 3.65. The second kappa shape index (κ2) is 13.8.